The van der Waals surface area contributed by atoms with Crippen molar-refractivity contribution in [2.45, 2.75) is 46.0 Å². The number of hydrogen-bond acceptors (Lipinski definition) is 0. The predicted octanol–water partition coefficient (Wildman–Crippen LogP) is 5.78. The fraction of sp³-hybridized carbons (Fsp3) is 0.321. The predicted molar refractivity (Wildman–Crippen MR) is 131 cm³/mol. The molecule has 4 aromatic rings. The normalized spacial score (nSPS) is 17.1. The van der Waals surface area contributed by atoms with Crippen LogP contribution < -0.4 is 15.2 Å². The van der Waals surface area contributed by atoms with E-state index in [-0.39, 0.29) is 7.92 Å². The summed E-state index contributed by atoms with van der Waals surface area (Å²) in [7, 11) is 1.86. The Morgan fingerprint density at radius 3 is 2.67 bits per heavy atom. The lowest BCUT2D eigenvalue weighted by Crippen LogP contribution is -2.37. The van der Waals surface area contributed by atoms with Crippen LogP contribution in [0.5, 0.6) is 0 Å². The zero-order chi connectivity index (χ0) is 20.7. The number of aryl methyl sites for hydroxylation is 4. The lowest BCUT2D eigenvalue weighted by Gasteiger charge is -2.32. The topological polar surface area (TPSA) is 3.88 Å². The molecule has 150 valence electrons. The van der Waals surface area contributed by atoms with Crippen molar-refractivity contribution in [2.24, 2.45) is 7.05 Å². The van der Waals surface area contributed by atoms with E-state index in [0.29, 0.717) is 5.92 Å². The average molecular weight is 411 g/mol. The largest absolute Gasteiger partial charge is 0.221 e. The van der Waals surface area contributed by atoms with E-state index < -0.39 is 0 Å². The fourth-order valence-corrected chi connectivity index (χ4v) is 8.33. The van der Waals surface area contributed by atoms with Crippen LogP contribution in [0, 0.1) is 6.92 Å². The van der Waals surface area contributed by atoms with Gasteiger partial charge in [-0.2, -0.15) is 0 Å². The number of rotatable bonds is 1. The minimum absolute atomic E-state index is 0.374. The molecule has 0 radical (unpaired) electrons. The Kier molecular flexibility index (Phi) is 3.94. The number of hydrogen-bond donors (Lipinski definition) is 0. The molecule has 30 heavy (non-hydrogen) atoms. The minimum atomic E-state index is -0.374. The number of pyridine rings is 1. The third-order valence-electron chi connectivity index (χ3n) is 7.46. The highest BCUT2D eigenvalue weighted by atomic mass is 31.1. The molecular weight excluding hydrogens is 381 g/mol. The van der Waals surface area contributed by atoms with Crippen molar-refractivity contribution >= 4 is 40.1 Å². The Balaban J connectivity index is 1.85. The molecule has 0 fully saturated rings. The standard InChI is InChI=1S/C28H29NP/c1-16(2)20-14-19-12-13-29(4)27-24-17(3)21-10-6-8-18-9-7-11-22(25(18)21)28(24)30(5)23(15-20)26(19)27/h6,8,10,12-16H,7,9,11H2,1-5H3/q+1. The molecule has 1 aliphatic heterocycles. The number of aromatic nitrogens is 1. The van der Waals surface area contributed by atoms with Crippen LogP contribution in [-0.2, 0) is 19.9 Å². The Morgan fingerprint density at radius 1 is 1.03 bits per heavy atom. The molecule has 0 spiro atoms. The summed E-state index contributed by atoms with van der Waals surface area (Å²) in [6, 6.07) is 14.3. The summed E-state index contributed by atoms with van der Waals surface area (Å²) in [4.78, 5) is 0. The SMILES string of the molecule is Cc1c2c(c3c4c(cccc14)CCC3)P(C)c1cc(C(C)C)cc3cc[n+](C)c-2c13. The molecule has 6 rings (SSSR count). The summed E-state index contributed by atoms with van der Waals surface area (Å²) in [6.07, 6.45) is 5.99. The second kappa shape index (κ2) is 6.38. The van der Waals surface area contributed by atoms with Gasteiger partial charge in [-0.1, -0.05) is 38.1 Å². The molecule has 1 nitrogen and oxygen atoms in total. The number of nitrogens with zero attached hydrogens (tertiary/aromatic N) is 1. The molecule has 0 bridgehead atoms. The van der Waals surface area contributed by atoms with Crippen molar-refractivity contribution in [1.29, 1.82) is 0 Å². The van der Waals surface area contributed by atoms with Gasteiger partial charge in [0.25, 0.3) is 0 Å². The fourth-order valence-electron chi connectivity index (χ4n) is 5.94. The maximum Gasteiger partial charge on any atom is 0.221 e. The number of fused-ring (bicyclic) bond motifs is 3. The van der Waals surface area contributed by atoms with Gasteiger partial charge in [-0.15, -0.1) is 0 Å². The maximum absolute atomic E-state index is 2.53. The highest BCUT2D eigenvalue weighted by molar-refractivity contribution is 7.73. The van der Waals surface area contributed by atoms with E-state index in [9.17, 15) is 0 Å². The molecule has 1 unspecified atom stereocenters. The van der Waals surface area contributed by atoms with Crippen LogP contribution in [-0.4, -0.2) is 6.66 Å². The molecule has 1 atom stereocenters. The van der Waals surface area contributed by atoms with Gasteiger partial charge in [0.1, 0.15) is 7.05 Å². The van der Waals surface area contributed by atoms with Gasteiger partial charge < -0.3 is 0 Å². The van der Waals surface area contributed by atoms with Crippen molar-refractivity contribution < 1.29 is 4.57 Å². The van der Waals surface area contributed by atoms with Crippen LogP contribution in [0.2, 0.25) is 0 Å². The zero-order valence-corrected chi connectivity index (χ0v) is 19.5. The summed E-state index contributed by atoms with van der Waals surface area (Å²) in [5.41, 5.74) is 9.12. The van der Waals surface area contributed by atoms with Crippen LogP contribution in [0.1, 0.15) is 48.4 Å². The zero-order valence-electron chi connectivity index (χ0n) is 18.6. The summed E-state index contributed by atoms with van der Waals surface area (Å²) < 4.78 is 2.38. The highest BCUT2D eigenvalue weighted by Crippen LogP contribution is 2.49. The second-order valence-electron chi connectivity index (χ2n) is 9.51. The van der Waals surface area contributed by atoms with E-state index in [1.165, 1.54) is 57.8 Å². The first-order valence-electron chi connectivity index (χ1n) is 11.2. The molecule has 2 aliphatic rings. The van der Waals surface area contributed by atoms with Gasteiger partial charge in [0.05, 0.1) is 10.9 Å². The van der Waals surface area contributed by atoms with Gasteiger partial charge in [-0.05, 0) is 102 Å². The first-order valence-corrected chi connectivity index (χ1v) is 13.0. The van der Waals surface area contributed by atoms with Crippen LogP contribution >= 0.6 is 7.92 Å². The first-order chi connectivity index (χ1) is 14.5. The van der Waals surface area contributed by atoms with Gasteiger partial charge in [0.15, 0.2) is 6.20 Å². The maximum atomic E-state index is 2.53. The quantitative estimate of drug-likeness (QED) is 0.277. The Bertz CT molecular complexity index is 1380. The monoisotopic (exact) mass is 410 g/mol. The van der Waals surface area contributed by atoms with E-state index in [1.807, 2.05) is 0 Å². The van der Waals surface area contributed by atoms with Crippen LogP contribution in [0.25, 0.3) is 32.8 Å². The minimum Gasteiger partial charge on any atom is -0.200 e. The van der Waals surface area contributed by atoms with Crippen molar-refractivity contribution in [2.75, 3.05) is 6.66 Å². The van der Waals surface area contributed by atoms with Gasteiger partial charge in [0, 0.05) is 6.07 Å². The van der Waals surface area contributed by atoms with Gasteiger partial charge in [-0.25, -0.2) is 4.57 Å². The lowest BCUT2D eigenvalue weighted by molar-refractivity contribution is -0.659. The van der Waals surface area contributed by atoms with E-state index in [0.717, 1.165) is 0 Å². The van der Waals surface area contributed by atoms with E-state index in [4.69, 9.17) is 0 Å². The molecule has 0 saturated heterocycles. The molecule has 0 N–H and O–H groups in total. The molecule has 3 aromatic carbocycles. The summed E-state index contributed by atoms with van der Waals surface area (Å²) in [6.45, 7) is 9.52. The molecule has 0 amide bonds. The molecule has 1 aromatic heterocycles. The molecular formula is C28H29NP+. The molecule has 2 heterocycles. The van der Waals surface area contributed by atoms with Crippen molar-refractivity contribution in [1.82, 2.24) is 0 Å². The Hall–Kier alpha value is -2.24. The summed E-state index contributed by atoms with van der Waals surface area (Å²) in [5.74, 6) is 0.552. The van der Waals surface area contributed by atoms with Crippen LogP contribution in [0.3, 0.4) is 0 Å². The third kappa shape index (κ3) is 2.31. The summed E-state index contributed by atoms with van der Waals surface area (Å²) in [5, 5.41) is 9.20. The lowest BCUT2D eigenvalue weighted by atomic mass is 9.83. The first kappa shape index (κ1) is 18.5. The molecule has 1 aliphatic carbocycles. The van der Waals surface area contributed by atoms with Crippen molar-refractivity contribution in [3.63, 3.8) is 0 Å². The van der Waals surface area contributed by atoms with Crippen molar-refractivity contribution in [3.05, 3.63) is 64.8 Å². The van der Waals surface area contributed by atoms with Gasteiger partial charge in [0.2, 0.25) is 5.69 Å². The second-order valence-corrected chi connectivity index (χ2v) is 11.6. The third-order valence-corrected chi connectivity index (χ3v) is 9.70. The highest BCUT2D eigenvalue weighted by Gasteiger charge is 2.35. The Morgan fingerprint density at radius 2 is 1.87 bits per heavy atom. The van der Waals surface area contributed by atoms with Gasteiger partial charge >= 0.3 is 0 Å². The van der Waals surface area contributed by atoms with E-state index in [2.05, 4.69) is 81.6 Å². The summed E-state index contributed by atoms with van der Waals surface area (Å²) >= 11 is 0. The van der Waals surface area contributed by atoms with Gasteiger partial charge in [-0.3, -0.25) is 0 Å². The van der Waals surface area contributed by atoms with Crippen LogP contribution in [0.15, 0.2) is 42.6 Å². The number of benzene rings is 3. The Labute approximate surface area is 180 Å². The molecule has 0 saturated carbocycles. The smallest absolute Gasteiger partial charge is 0.200 e. The van der Waals surface area contributed by atoms with E-state index >= 15 is 0 Å². The van der Waals surface area contributed by atoms with E-state index in [1.54, 1.807) is 27.1 Å². The average Bonchev–Trinajstić information content (AvgIpc) is 2.75. The van der Waals surface area contributed by atoms with Crippen molar-refractivity contribution in [3.8, 4) is 11.3 Å². The molecule has 2 heteroatoms. The van der Waals surface area contributed by atoms with Crippen LogP contribution in [0.4, 0.5) is 0 Å².